The zero-order valence-electron chi connectivity index (χ0n) is 8.11. The van der Waals surface area contributed by atoms with E-state index in [4.69, 9.17) is 5.73 Å². The van der Waals surface area contributed by atoms with Gasteiger partial charge in [-0.05, 0) is 31.7 Å². The van der Waals surface area contributed by atoms with Gasteiger partial charge in [-0.2, -0.15) is 0 Å². The van der Waals surface area contributed by atoms with Gasteiger partial charge >= 0.3 is 0 Å². The highest BCUT2D eigenvalue weighted by Crippen LogP contribution is 2.53. The molecule has 0 heterocycles. The molecule has 3 N–H and O–H groups in total. The number of rotatable bonds is 4. The normalized spacial score (nSPS) is 24.6. The summed E-state index contributed by atoms with van der Waals surface area (Å²) in [6.45, 7) is 6.80. The van der Waals surface area contributed by atoms with Gasteiger partial charge in [0.25, 0.3) is 0 Å². The molecule has 0 aromatic carbocycles. The third-order valence-electron chi connectivity index (χ3n) is 3.23. The molecular formula is C9H18N2O. The maximum atomic E-state index is 11.3. The highest BCUT2D eigenvalue weighted by Gasteiger charge is 2.56. The van der Waals surface area contributed by atoms with Crippen molar-refractivity contribution in [2.45, 2.75) is 39.2 Å². The fourth-order valence-electron chi connectivity index (χ4n) is 1.64. The van der Waals surface area contributed by atoms with Crippen molar-refractivity contribution in [3.05, 3.63) is 0 Å². The predicted molar refractivity (Wildman–Crippen MR) is 48.6 cm³/mol. The third-order valence-corrected chi connectivity index (χ3v) is 3.23. The third kappa shape index (κ3) is 1.22. The molecule has 70 valence electrons. The van der Waals surface area contributed by atoms with Crippen molar-refractivity contribution in [2.75, 3.05) is 6.54 Å². The Bertz CT molecular complexity index is 199. The summed E-state index contributed by atoms with van der Waals surface area (Å²) in [5.74, 6) is -0.232. The average molecular weight is 170 g/mol. The monoisotopic (exact) mass is 170 g/mol. The van der Waals surface area contributed by atoms with E-state index < -0.39 is 5.54 Å². The zero-order chi connectivity index (χ0) is 9.41. The number of nitrogens with two attached hydrogens (primary N) is 1. The lowest BCUT2D eigenvalue weighted by Gasteiger charge is -2.33. The first-order valence-electron chi connectivity index (χ1n) is 4.51. The molecule has 0 bridgehead atoms. The summed E-state index contributed by atoms with van der Waals surface area (Å²) in [4.78, 5) is 11.3. The van der Waals surface area contributed by atoms with Crippen molar-refractivity contribution in [1.82, 2.24) is 5.32 Å². The molecule has 12 heavy (non-hydrogen) atoms. The Morgan fingerprint density at radius 2 is 2.17 bits per heavy atom. The zero-order valence-corrected chi connectivity index (χ0v) is 8.11. The molecule has 1 saturated carbocycles. The van der Waals surface area contributed by atoms with Crippen molar-refractivity contribution in [1.29, 1.82) is 0 Å². The summed E-state index contributed by atoms with van der Waals surface area (Å²) >= 11 is 0. The summed E-state index contributed by atoms with van der Waals surface area (Å²) in [5, 5.41) is 3.19. The van der Waals surface area contributed by atoms with E-state index in [0.29, 0.717) is 0 Å². The average Bonchev–Trinajstić information content (AvgIpc) is 2.69. The minimum Gasteiger partial charge on any atom is -0.368 e. The van der Waals surface area contributed by atoms with Gasteiger partial charge in [-0.3, -0.25) is 4.79 Å². The molecule has 1 amide bonds. The minimum absolute atomic E-state index is 0.0921. The van der Waals surface area contributed by atoms with Crippen LogP contribution in [0.2, 0.25) is 0 Å². The van der Waals surface area contributed by atoms with Crippen molar-refractivity contribution in [2.24, 2.45) is 11.1 Å². The number of primary amides is 1. The Hall–Kier alpha value is -0.570. The van der Waals surface area contributed by atoms with Crippen molar-refractivity contribution in [3.8, 4) is 0 Å². The standard InChI is InChI=1S/C9H18N2O/c1-4-11-9(3,7(10)12)8(2)5-6-8/h11H,4-6H2,1-3H3,(H2,10,12). The van der Waals surface area contributed by atoms with E-state index in [1.165, 1.54) is 0 Å². The Labute approximate surface area is 73.7 Å². The van der Waals surface area contributed by atoms with Crippen molar-refractivity contribution >= 4 is 5.91 Å². The molecule has 0 radical (unpaired) electrons. The highest BCUT2D eigenvalue weighted by molar-refractivity contribution is 5.85. The first kappa shape index (κ1) is 9.52. The molecule has 0 aliphatic heterocycles. The first-order chi connectivity index (χ1) is 5.46. The number of hydrogen-bond donors (Lipinski definition) is 2. The fourth-order valence-corrected chi connectivity index (χ4v) is 1.64. The first-order valence-corrected chi connectivity index (χ1v) is 4.51. The maximum Gasteiger partial charge on any atom is 0.238 e. The van der Waals surface area contributed by atoms with Crippen LogP contribution >= 0.6 is 0 Å². The topological polar surface area (TPSA) is 55.1 Å². The fraction of sp³-hybridized carbons (Fsp3) is 0.889. The molecule has 0 spiro atoms. The molecule has 0 aromatic rings. The van der Waals surface area contributed by atoms with E-state index in [0.717, 1.165) is 19.4 Å². The SMILES string of the molecule is CCNC(C)(C(N)=O)C1(C)CC1. The van der Waals surface area contributed by atoms with E-state index in [1.807, 2.05) is 13.8 Å². The van der Waals surface area contributed by atoms with Gasteiger partial charge in [0.15, 0.2) is 0 Å². The number of hydrogen-bond acceptors (Lipinski definition) is 2. The maximum absolute atomic E-state index is 11.3. The van der Waals surface area contributed by atoms with E-state index in [1.54, 1.807) is 0 Å². The van der Waals surface area contributed by atoms with Crippen LogP contribution in [0.5, 0.6) is 0 Å². The summed E-state index contributed by atoms with van der Waals surface area (Å²) < 4.78 is 0. The van der Waals surface area contributed by atoms with Crippen LogP contribution in [0.15, 0.2) is 0 Å². The van der Waals surface area contributed by atoms with Gasteiger partial charge in [-0.25, -0.2) is 0 Å². The molecule has 1 fully saturated rings. The second kappa shape index (κ2) is 2.73. The number of amides is 1. The van der Waals surface area contributed by atoms with Gasteiger partial charge in [0.05, 0.1) is 0 Å². The van der Waals surface area contributed by atoms with Crippen LogP contribution in [-0.4, -0.2) is 18.0 Å². The van der Waals surface area contributed by atoms with E-state index in [-0.39, 0.29) is 11.3 Å². The Morgan fingerprint density at radius 1 is 1.67 bits per heavy atom. The van der Waals surface area contributed by atoms with Crippen LogP contribution in [0.1, 0.15) is 33.6 Å². The van der Waals surface area contributed by atoms with Crippen LogP contribution in [0.3, 0.4) is 0 Å². The smallest absolute Gasteiger partial charge is 0.238 e. The van der Waals surface area contributed by atoms with E-state index >= 15 is 0 Å². The van der Waals surface area contributed by atoms with Gasteiger partial charge in [-0.1, -0.05) is 13.8 Å². The predicted octanol–water partition coefficient (Wildman–Crippen LogP) is 0.640. The molecule has 1 rings (SSSR count). The van der Waals surface area contributed by atoms with Crippen LogP contribution in [0, 0.1) is 5.41 Å². The van der Waals surface area contributed by atoms with Crippen LogP contribution in [-0.2, 0) is 4.79 Å². The molecule has 3 nitrogen and oxygen atoms in total. The van der Waals surface area contributed by atoms with E-state index in [9.17, 15) is 4.79 Å². The summed E-state index contributed by atoms with van der Waals surface area (Å²) in [5.41, 5.74) is 4.96. The molecule has 1 unspecified atom stereocenters. The lowest BCUT2D eigenvalue weighted by molar-refractivity contribution is -0.126. The molecule has 1 atom stereocenters. The van der Waals surface area contributed by atoms with Crippen molar-refractivity contribution < 1.29 is 4.79 Å². The van der Waals surface area contributed by atoms with Gasteiger partial charge in [0, 0.05) is 0 Å². The van der Waals surface area contributed by atoms with E-state index in [2.05, 4.69) is 12.2 Å². The van der Waals surface area contributed by atoms with Crippen molar-refractivity contribution in [3.63, 3.8) is 0 Å². The number of likely N-dealkylation sites (N-methyl/N-ethyl adjacent to an activating group) is 1. The molecule has 1 aliphatic rings. The summed E-state index contributed by atoms with van der Waals surface area (Å²) in [7, 11) is 0. The molecule has 3 heteroatoms. The summed E-state index contributed by atoms with van der Waals surface area (Å²) in [6.07, 6.45) is 2.19. The second-order valence-corrected chi connectivity index (χ2v) is 4.08. The molecule has 0 saturated heterocycles. The number of carbonyl (C=O) groups is 1. The molecule has 0 aromatic heterocycles. The minimum atomic E-state index is -0.512. The highest BCUT2D eigenvalue weighted by atomic mass is 16.1. The van der Waals surface area contributed by atoms with Crippen LogP contribution in [0.25, 0.3) is 0 Å². The Kier molecular flexibility index (Phi) is 2.17. The van der Waals surface area contributed by atoms with Gasteiger partial charge in [0.2, 0.25) is 5.91 Å². The Morgan fingerprint density at radius 3 is 2.42 bits per heavy atom. The summed E-state index contributed by atoms with van der Waals surface area (Å²) in [6, 6.07) is 0. The molecular weight excluding hydrogens is 152 g/mol. The quantitative estimate of drug-likeness (QED) is 0.650. The lowest BCUT2D eigenvalue weighted by atomic mass is 9.83. The largest absolute Gasteiger partial charge is 0.368 e. The second-order valence-electron chi connectivity index (χ2n) is 4.08. The molecule has 1 aliphatic carbocycles. The van der Waals surface area contributed by atoms with Crippen LogP contribution in [0.4, 0.5) is 0 Å². The van der Waals surface area contributed by atoms with Crippen LogP contribution < -0.4 is 11.1 Å². The number of carbonyl (C=O) groups excluding carboxylic acids is 1. The van der Waals surface area contributed by atoms with Gasteiger partial charge < -0.3 is 11.1 Å². The Balaban J connectivity index is 2.79. The lowest BCUT2D eigenvalue weighted by Crippen LogP contribution is -2.58. The van der Waals surface area contributed by atoms with Gasteiger partial charge in [0.1, 0.15) is 5.54 Å². The number of nitrogens with one attached hydrogen (secondary N) is 1. The van der Waals surface area contributed by atoms with Gasteiger partial charge in [-0.15, -0.1) is 0 Å².